The molecule has 1 fully saturated rings. The third-order valence-corrected chi connectivity index (χ3v) is 4.60. The second-order valence-electron chi connectivity index (χ2n) is 6.17. The lowest BCUT2D eigenvalue weighted by molar-refractivity contribution is -0.111. The van der Waals surface area contributed by atoms with Crippen molar-refractivity contribution in [1.82, 2.24) is 0 Å². The number of hydrogen-bond acceptors (Lipinski definition) is 3. The van der Waals surface area contributed by atoms with Crippen LogP contribution in [0.3, 0.4) is 0 Å². The minimum absolute atomic E-state index is 0.111. The Bertz CT molecular complexity index is 599. The van der Waals surface area contributed by atoms with Crippen LogP contribution in [0, 0.1) is 5.92 Å². The number of carbonyl (C=O) groups is 1. The molecule has 0 aromatic heterocycles. The van der Waals surface area contributed by atoms with Crippen molar-refractivity contribution >= 4 is 17.3 Å². The summed E-state index contributed by atoms with van der Waals surface area (Å²) in [5.41, 5.74) is 3.04. The maximum Gasteiger partial charge on any atom is 0.248 e. The van der Waals surface area contributed by atoms with E-state index in [2.05, 4.69) is 17.1 Å². The highest BCUT2D eigenvalue weighted by Crippen LogP contribution is 2.29. The first-order valence-corrected chi connectivity index (χ1v) is 8.77. The van der Waals surface area contributed by atoms with E-state index in [9.17, 15) is 9.90 Å². The van der Waals surface area contributed by atoms with E-state index in [0.717, 1.165) is 49.3 Å². The summed E-state index contributed by atoms with van der Waals surface area (Å²) in [6, 6.07) is 7.91. The Morgan fingerprint density at radius 2 is 2.00 bits per heavy atom. The summed E-state index contributed by atoms with van der Waals surface area (Å²) in [7, 11) is 0. The zero-order valence-electron chi connectivity index (χ0n) is 14.7. The molecule has 1 aromatic rings. The van der Waals surface area contributed by atoms with Crippen molar-refractivity contribution in [2.24, 2.45) is 5.92 Å². The first-order chi connectivity index (χ1) is 11.7. The molecule has 1 aromatic carbocycles. The van der Waals surface area contributed by atoms with Crippen molar-refractivity contribution in [3.05, 3.63) is 48.1 Å². The van der Waals surface area contributed by atoms with Crippen LogP contribution in [-0.4, -0.2) is 30.7 Å². The average molecular weight is 328 g/mol. The molecule has 2 N–H and O–H groups in total. The average Bonchev–Trinajstić information content (AvgIpc) is 2.63. The third-order valence-electron chi connectivity index (χ3n) is 4.60. The van der Waals surface area contributed by atoms with E-state index in [1.807, 2.05) is 43.3 Å². The molecule has 4 heteroatoms. The predicted octanol–water partition coefficient (Wildman–Crippen LogP) is 3.75. The van der Waals surface area contributed by atoms with Gasteiger partial charge in [-0.2, -0.15) is 0 Å². The van der Waals surface area contributed by atoms with Gasteiger partial charge >= 0.3 is 0 Å². The van der Waals surface area contributed by atoms with Crippen LogP contribution in [0.25, 0.3) is 0 Å². The maximum atomic E-state index is 12.2. The van der Waals surface area contributed by atoms with Gasteiger partial charge in [0.1, 0.15) is 0 Å². The monoisotopic (exact) mass is 328 g/mol. The topological polar surface area (TPSA) is 52.6 Å². The number of hydrogen-bond donors (Lipinski definition) is 2. The zero-order chi connectivity index (χ0) is 17.4. The number of amides is 1. The van der Waals surface area contributed by atoms with Gasteiger partial charge < -0.3 is 15.3 Å². The molecule has 24 heavy (non-hydrogen) atoms. The van der Waals surface area contributed by atoms with Crippen LogP contribution in [0.1, 0.15) is 33.1 Å². The number of aliphatic hydroxyl groups excluding tert-OH is 1. The first kappa shape index (κ1) is 18.3. The van der Waals surface area contributed by atoms with E-state index >= 15 is 0 Å². The molecule has 1 amide bonds. The number of carbonyl (C=O) groups excluding carboxylic acids is 1. The predicted molar refractivity (Wildman–Crippen MR) is 100 cm³/mol. The Hall–Kier alpha value is -2.07. The Balaban J connectivity index is 2.05. The fourth-order valence-electron chi connectivity index (χ4n) is 2.99. The van der Waals surface area contributed by atoms with E-state index in [-0.39, 0.29) is 12.5 Å². The Morgan fingerprint density at radius 3 is 2.62 bits per heavy atom. The van der Waals surface area contributed by atoms with Gasteiger partial charge in [0, 0.05) is 25.8 Å². The molecule has 1 saturated heterocycles. The molecule has 0 saturated carbocycles. The van der Waals surface area contributed by atoms with Gasteiger partial charge in [0.15, 0.2) is 0 Å². The lowest BCUT2D eigenvalue weighted by Crippen LogP contribution is -2.35. The third kappa shape index (κ3) is 4.96. The van der Waals surface area contributed by atoms with Crippen molar-refractivity contribution in [3.8, 4) is 0 Å². The highest BCUT2D eigenvalue weighted by atomic mass is 16.3. The molecule has 130 valence electrons. The number of nitrogens with one attached hydrogen (secondary N) is 1. The lowest BCUT2D eigenvalue weighted by atomic mass is 9.97. The molecular weight excluding hydrogens is 300 g/mol. The number of benzene rings is 1. The van der Waals surface area contributed by atoms with Crippen LogP contribution in [0.2, 0.25) is 0 Å². The van der Waals surface area contributed by atoms with Crippen molar-refractivity contribution in [2.75, 3.05) is 29.9 Å². The van der Waals surface area contributed by atoms with E-state index in [1.54, 1.807) is 6.08 Å². The summed E-state index contributed by atoms with van der Waals surface area (Å²) < 4.78 is 0. The van der Waals surface area contributed by atoms with Gasteiger partial charge in [-0.15, -0.1) is 0 Å². The number of rotatable bonds is 6. The molecule has 0 unspecified atom stereocenters. The van der Waals surface area contributed by atoms with Crippen molar-refractivity contribution < 1.29 is 9.90 Å². The zero-order valence-corrected chi connectivity index (χ0v) is 14.7. The molecule has 0 aliphatic carbocycles. The number of piperidine rings is 1. The summed E-state index contributed by atoms with van der Waals surface area (Å²) in [5.74, 6) is 0.291. The van der Waals surface area contributed by atoms with E-state index < -0.39 is 0 Å². The van der Waals surface area contributed by atoms with Crippen LogP contribution in [0.4, 0.5) is 11.4 Å². The SMILES string of the molecule is CC=C(C=CC(=O)Nc1ccccc1N1CCC(CO)CC1)CC. The lowest BCUT2D eigenvalue weighted by Gasteiger charge is -2.34. The second kappa shape index (κ2) is 9.28. The van der Waals surface area contributed by atoms with Crippen molar-refractivity contribution in [1.29, 1.82) is 0 Å². The summed E-state index contributed by atoms with van der Waals surface area (Å²) in [6.45, 7) is 6.13. The highest BCUT2D eigenvalue weighted by Gasteiger charge is 2.20. The van der Waals surface area contributed by atoms with E-state index in [4.69, 9.17) is 0 Å². The Kier molecular flexibility index (Phi) is 7.07. The summed E-state index contributed by atoms with van der Waals surface area (Å²) in [6.07, 6.45) is 8.36. The van der Waals surface area contributed by atoms with Gasteiger partial charge in [0.25, 0.3) is 0 Å². The minimum atomic E-state index is -0.111. The first-order valence-electron chi connectivity index (χ1n) is 8.77. The fourth-order valence-corrected chi connectivity index (χ4v) is 2.99. The molecule has 1 aliphatic rings. The van der Waals surface area contributed by atoms with Gasteiger partial charge in [-0.3, -0.25) is 4.79 Å². The maximum absolute atomic E-state index is 12.2. The second-order valence-corrected chi connectivity index (χ2v) is 6.17. The number of aliphatic hydroxyl groups is 1. The molecule has 1 aliphatic heterocycles. The van der Waals surface area contributed by atoms with Gasteiger partial charge in [0.2, 0.25) is 5.91 Å². The number of allylic oxidation sites excluding steroid dienone is 3. The summed E-state index contributed by atoms with van der Waals surface area (Å²) >= 11 is 0. The molecule has 0 atom stereocenters. The van der Waals surface area contributed by atoms with Crippen LogP contribution in [0.15, 0.2) is 48.1 Å². The summed E-state index contributed by atoms with van der Waals surface area (Å²) in [4.78, 5) is 14.5. The molecule has 4 nitrogen and oxygen atoms in total. The van der Waals surface area contributed by atoms with Crippen LogP contribution in [0.5, 0.6) is 0 Å². The fraction of sp³-hybridized carbons (Fsp3) is 0.450. The Morgan fingerprint density at radius 1 is 1.29 bits per heavy atom. The number of para-hydroxylation sites is 2. The van der Waals surface area contributed by atoms with Gasteiger partial charge in [-0.25, -0.2) is 0 Å². The standard InChI is InChI=1S/C20H28N2O2/c1-3-16(4-2)9-10-20(24)21-18-7-5-6-8-19(18)22-13-11-17(15-23)12-14-22/h3,5-10,17,23H,4,11-15H2,1-2H3,(H,21,24). The van der Waals surface area contributed by atoms with Gasteiger partial charge in [-0.1, -0.05) is 36.8 Å². The summed E-state index contributed by atoms with van der Waals surface area (Å²) in [5, 5.41) is 12.3. The number of nitrogens with zero attached hydrogens (tertiary/aromatic N) is 1. The van der Waals surface area contributed by atoms with E-state index in [1.165, 1.54) is 0 Å². The molecular formula is C20H28N2O2. The Labute approximate surface area is 144 Å². The largest absolute Gasteiger partial charge is 0.396 e. The van der Waals surface area contributed by atoms with Crippen LogP contribution >= 0.6 is 0 Å². The van der Waals surface area contributed by atoms with Crippen molar-refractivity contribution in [2.45, 2.75) is 33.1 Å². The van der Waals surface area contributed by atoms with E-state index in [0.29, 0.717) is 5.92 Å². The highest BCUT2D eigenvalue weighted by molar-refractivity contribution is 6.01. The van der Waals surface area contributed by atoms with Crippen LogP contribution < -0.4 is 10.2 Å². The van der Waals surface area contributed by atoms with Crippen LogP contribution in [-0.2, 0) is 4.79 Å². The minimum Gasteiger partial charge on any atom is -0.396 e. The molecule has 2 rings (SSSR count). The molecule has 0 bridgehead atoms. The van der Waals surface area contributed by atoms with Gasteiger partial charge in [0.05, 0.1) is 11.4 Å². The van der Waals surface area contributed by atoms with Gasteiger partial charge in [-0.05, 0) is 44.2 Å². The molecule has 0 radical (unpaired) electrons. The number of anilines is 2. The smallest absolute Gasteiger partial charge is 0.248 e. The molecule has 1 heterocycles. The normalized spacial score (nSPS) is 16.6. The molecule has 0 spiro atoms. The quantitative estimate of drug-likeness (QED) is 0.618. The van der Waals surface area contributed by atoms with Crippen molar-refractivity contribution in [3.63, 3.8) is 0 Å².